The molecule has 0 fully saturated rings. The minimum absolute atomic E-state index is 0.00784. The predicted molar refractivity (Wildman–Crippen MR) is 150 cm³/mol. The van der Waals surface area contributed by atoms with Crippen molar-refractivity contribution in [2.24, 2.45) is 0 Å². The third-order valence-corrected chi connectivity index (χ3v) is 7.17. The molecule has 0 aliphatic carbocycles. The van der Waals surface area contributed by atoms with Crippen LogP contribution in [-0.2, 0) is 11.0 Å². The summed E-state index contributed by atoms with van der Waals surface area (Å²) in [5.41, 5.74) is -0.987. The zero-order valence-electron chi connectivity index (χ0n) is 21.4. The van der Waals surface area contributed by atoms with Gasteiger partial charge in [-0.15, -0.1) is 11.8 Å². The van der Waals surface area contributed by atoms with Crippen molar-refractivity contribution in [3.63, 3.8) is 0 Å². The molecule has 0 aromatic heterocycles. The molecule has 8 nitrogen and oxygen atoms in total. The number of hydrogen-bond donors (Lipinski definition) is 4. The highest BCUT2D eigenvalue weighted by Gasteiger charge is 2.31. The zero-order valence-corrected chi connectivity index (χ0v) is 22.2. The summed E-state index contributed by atoms with van der Waals surface area (Å²) in [6, 6.07) is 22.4. The summed E-state index contributed by atoms with van der Waals surface area (Å²) in [6.07, 6.45) is -4.57. The molecule has 0 radical (unpaired) electrons. The van der Waals surface area contributed by atoms with Crippen molar-refractivity contribution in [3.8, 4) is 0 Å². The number of benzene rings is 4. The molecule has 4 rings (SSSR count). The maximum atomic E-state index is 13.2. The van der Waals surface area contributed by atoms with Crippen LogP contribution in [0, 0.1) is 0 Å². The standard InChI is InChI=1S/C30H21F3N2O6S/c31-30(32,33)19-7-4-8-21(16-19)35-27(37)25(17-5-2-1-3-6-17)42-22-12-10-20(11-13-22)34-26(36)23-14-9-18(28(38)39)15-24(23)29(40)41/h1-16,25H,(H,34,36)(H,35,37)(H,38,39)(H,40,41). The second kappa shape index (κ2) is 12.6. The lowest BCUT2D eigenvalue weighted by Gasteiger charge is -2.18. The van der Waals surface area contributed by atoms with Gasteiger partial charge in [-0.1, -0.05) is 36.4 Å². The predicted octanol–water partition coefficient (Wildman–Crippen LogP) is 6.83. The van der Waals surface area contributed by atoms with Crippen molar-refractivity contribution in [2.75, 3.05) is 10.6 Å². The van der Waals surface area contributed by atoms with Crippen molar-refractivity contribution in [3.05, 3.63) is 125 Å². The topological polar surface area (TPSA) is 133 Å². The second-order valence-corrected chi connectivity index (χ2v) is 10.0. The first-order chi connectivity index (χ1) is 19.9. The molecular formula is C30H21F3N2O6S. The van der Waals surface area contributed by atoms with Gasteiger partial charge in [0.15, 0.2) is 0 Å². The average Bonchev–Trinajstić information content (AvgIpc) is 2.96. The lowest BCUT2D eigenvalue weighted by Crippen LogP contribution is -2.19. The second-order valence-electron chi connectivity index (χ2n) is 8.83. The molecule has 0 saturated carbocycles. The molecule has 0 aliphatic heterocycles. The Kier molecular flexibility index (Phi) is 8.96. The SMILES string of the molecule is O=C(O)c1ccc(C(=O)Nc2ccc(SC(C(=O)Nc3cccc(C(F)(F)F)c3)c3ccccc3)cc2)c(C(=O)O)c1. The number of carbonyl (C=O) groups excluding carboxylic acids is 2. The van der Waals surface area contributed by atoms with Crippen LogP contribution in [0.4, 0.5) is 24.5 Å². The largest absolute Gasteiger partial charge is 0.478 e. The summed E-state index contributed by atoms with van der Waals surface area (Å²) in [5.74, 6) is -4.12. The number of alkyl halides is 3. The van der Waals surface area contributed by atoms with Crippen molar-refractivity contribution in [1.82, 2.24) is 0 Å². The molecule has 0 saturated heterocycles. The first-order valence-electron chi connectivity index (χ1n) is 12.1. The number of carboxylic acids is 2. The minimum atomic E-state index is -4.57. The fourth-order valence-corrected chi connectivity index (χ4v) is 4.91. The Labute approximate surface area is 241 Å². The molecule has 4 aromatic rings. The molecule has 42 heavy (non-hydrogen) atoms. The zero-order chi connectivity index (χ0) is 30.4. The monoisotopic (exact) mass is 594 g/mol. The van der Waals surface area contributed by atoms with Crippen LogP contribution in [0.5, 0.6) is 0 Å². The summed E-state index contributed by atoms with van der Waals surface area (Å²) in [5, 5.41) is 22.8. The maximum Gasteiger partial charge on any atom is 0.416 e. The van der Waals surface area contributed by atoms with E-state index in [1.807, 2.05) is 0 Å². The van der Waals surface area contributed by atoms with E-state index in [-0.39, 0.29) is 16.8 Å². The molecule has 2 amide bonds. The highest BCUT2D eigenvalue weighted by molar-refractivity contribution is 8.00. The van der Waals surface area contributed by atoms with Crippen LogP contribution >= 0.6 is 11.8 Å². The van der Waals surface area contributed by atoms with Gasteiger partial charge in [-0.3, -0.25) is 9.59 Å². The summed E-state index contributed by atoms with van der Waals surface area (Å²) < 4.78 is 39.4. The molecule has 214 valence electrons. The van der Waals surface area contributed by atoms with Crippen molar-refractivity contribution in [1.29, 1.82) is 0 Å². The van der Waals surface area contributed by atoms with E-state index >= 15 is 0 Å². The molecule has 4 N–H and O–H groups in total. The lowest BCUT2D eigenvalue weighted by atomic mass is 10.0. The normalized spacial score (nSPS) is 11.8. The number of anilines is 2. The van der Waals surface area contributed by atoms with Crippen molar-refractivity contribution >= 4 is 46.9 Å². The highest BCUT2D eigenvalue weighted by Crippen LogP contribution is 2.37. The summed E-state index contributed by atoms with van der Waals surface area (Å²) in [7, 11) is 0. The smallest absolute Gasteiger partial charge is 0.416 e. The first-order valence-corrected chi connectivity index (χ1v) is 13.0. The van der Waals surface area contributed by atoms with Crippen LogP contribution in [0.15, 0.2) is 102 Å². The Balaban J connectivity index is 1.52. The van der Waals surface area contributed by atoms with Crippen LogP contribution in [0.1, 0.15) is 47.5 Å². The Morgan fingerprint density at radius 1 is 0.690 bits per heavy atom. The average molecular weight is 595 g/mol. The third kappa shape index (κ3) is 7.34. The van der Waals surface area contributed by atoms with Crippen molar-refractivity contribution in [2.45, 2.75) is 16.3 Å². The van der Waals surface area contributed by atoms with E-state index in [2.05, 4.69) is 10.6 Å². The quantitative estimate of drug-likeness (QED) is 0.156. The molecular weight excluding hydrogens is 573 g/mol. The summed E-state index contributed by atoms with van der Waals surface area (Å²) in [6.45, 7) is 0. The van der Waals surface area contributed by atoms with E-state index < -0.39 is 46.3 Å². The Morgan fingerprint density at radius 2 is 1.38 bits per heavy atom. The van der Waals surface area contributed by atoms with Gasteiger partial charge in [0.05, 0.1) is 22.3 Å². The van der Waals surface area contributed by atoms with E-state index in [0.717, 1.165) is 42.1 Å². The number of amides is 2. The van der Waals surface area contributed by atoms with E-state index in [1.54, 1.807) is 42.5 Å². The van der Waals surface area contributed by atoms with Crippen LogP contribution in [-0.4, -0.2) is 34.0 Å². The number of hydrogen-bond acceptors (Lipinski definition) is 5. The molecule has 4 aromatic carbocycles. The van der Waals surface area contributed by atoms with Crippen LogP contribution in [0.3, 0.4) is 0 Å². The van der Waals surface area contributed by atoms with Gasteiger partial charge in [0.1, 0.15) is 5.25 Å². The van der Waals surface area contributed by atoms with Crippen LogP contribution in [0.25, 0.3) is 0 Å². The number of rotatable bonds is 9. The third-order valence-electron chi connectivity index (χ3n) is 5.91. The molecule has 0 spiro atoms. The van der Waals surface area contributed by atoms with Gasteiger partial charge < -0.3 is 20.8 Å². The number of carboxylic acid groups (broad SMARTS) is 2. The minimum Gasteiger partial charge on any atom is -0.478 e. The number of aromatic carboxylic acids is 2. The Morgan fingerprint density at radius 3 is 2.00 bits per heavy atom. The van der Waals surface area contributed by atoms with Gasteiger partial charge in [0, 0.05) is 16.3 Å². The molecule has 0 bridgehead atoms. The summed E-state index contributed by atoms with van der Waals surface area (Å²) >= 11 is 1.13. The summed E-state index contributed by atoms with van der Waals surface area (Å²) in [4.78, 5) is 49.4. The van der Waals surface area contributed by atoms with Gasteiger partial charge in [-0.05, 0) is 66.2 Å². The van der Waals surface area contributed by atoms with E-state index in [0.29, 0.717) is 16.1 Å². The van der Waals surface area contributed by atoms with Gasteiger partial charge in [-0.25, -0.2) is 9.59 Å². The van der Waals surface area contributed by atoms with E-state index in [9.17, 15) is 37.5 Å². The number of halogens is 3. The van der Waals surface area contributed by atoms with Gasteiger partial charge in [-0.2, -0.15) is 13.2 Å². The van der Waals surface area contributed by atoms with Crippen molar-refractivity contribution < 1.29 is 42.6 Å². The van der Waals surface area contributed by atoms with E-state index in [4.69, 9.17) is 5.11 Å². The maximum absolute atomic E-state index is 13.2. The molecule has 12 heteroatoms. The fraction of sp³-hybridized carbons (Fsp3) is 0.0667. The molecule has 1 atom stereocenters. The molecule has 1 unspecified atom stereocenters. The van der Waals surface area contributed by atoms with Crippen LogP contribution in [0.2, 0.25) is 0 Å². The van der Waals surface area contributed by atoms with Gasteiger partial charge in [0.2, 0.25) is 5.91 Å². The van der Waals surface area contributed by atoms with Gasteiger partial charge >= 0.3 is 18.1 Å². The Hall–Kier alpha value is -5.10. The molecule has 0 heterocycles. The van der Waals surface area contributed by atoms with Gasteiger partial charge in [0.25, 0.3) is 5.91 Å². The van der Waals surface area contributed by atoms with E-state index in [1.165, 1.54) is 24.3 Å². The number of thioether (sulfide) groups is 1. The number of carbonyl (C=O) groups is 4. The Bertz CT molecular complexity index is 1640. The lowest BCUT2D eigenvalue weighted by molar-refractivity contribution is -0.137. The first kappa shape index (κ1) is 29.9. The highest BCUT2D eigenvalue weighted by atomic mass is 32.2. The fourth-order valence-electron chi connectivity index (χ4n) is 3.89. The molecule has 0 aliphatic rings. The number of nitrogens with one attached hydrogen (secondary N) is 2. The van der Waals surface area contributed by atoms with Crippen LogP contribution < -0.4 is 10.6 Å².